The molecule has 1 saturated carbocycles. The number of esters is 1. The van der Waals surface area contributed by atoms with E-state index in [1.807, 2.05) is 32.4 Å². The number of nitrogens with one attached hydrogen (secondary N) is 1. The number of aryl methyl sites for hydroxylation is 1. The van der Waals surface area contributed by atoms with Crippen LogP contribution in [0.15, 0.2) is 17.5 Å². The molecule has 2 aromatic rings. The van der Waals surface area contributed by atoms with Gasteiger partial charge in [0.25, 0.3) is 0 Å². The number of fused-ring (bicyclic) bond motifs is 1. The van der Waals surface area contributed by atoms with E-state index in [0.717, 1.165) is 16.7 Å². The summed E-state index contributed by atoms with van der Waals surface area (Å²) < 4.78 is 7.26. The highest BCUT2D eigenvalue weighted by atomic mass is 16.6. The normalized spacial score (nSPS) is 20.3. The van der Waals surface area contributed by atoms with E-state index in [4.69, 9.17) is 9.94 Å². The number of ether oxygens (including phenoxy) is 1. The van der Waals surface area contributed by atoms with E-state index in [1.54, 1.807) is 12.4 Å². The van der Waals surface area contributed by atoms with Crippen molar-refractivity contribution in [2.24, 2.45) is 11.1 Å². The van der Waals surface area contributed by atoms with Gasteiger partial charge in [-0.15, -0.1) is 0 Å². The lowest BCUT2D eigenvalue weighted by Crippen LogP contribution is -2.42. The summed E-state index contributed by atoms with van der Waals surface area (Å²) in [5.74, 6) is -0.233. The minimum atomic E-state index is -0.466. The summed E-state index contributed by atoms with van der Waals surface area (Å²) in [6.45, 7) is 8.34. The molecule has 140 valence electrons. The van der Waals surface area contributed by atoms with E-state index in [2.05, 4.69) is 20.6 Å². The fraction of sp³-hybridized carbons (Fsp3) is 0.556. The highest BCUT2D eigenvalue weighted by Crippen LogP contribution is 2.35. The monoisotopic (exact) mass is 359 g/mol. The van der Waals surface area contributed by atoms with E-state index >= 15 is 0 Å². The van der Waals surface area contributed by atoms with Gasteiger partial charge in [0, 0.05) is 24.3 Å². The van der Waals surface area contributed by atoms with Gasteiger partial charge in [0.2, 0.25) is 0 Å². The van der Waals surface area contributed by atoms with Crippen molar-refractivity contribution < 1.29 is 14.7 Å². The largest absolute Gasteiger partial charge is 0.460 e. The van der Waals surface area contributed by atoms with Crippen LogP contribution in [0.25, 0.3) is 11.0 Å². The molecule has 0 radical (unpaired) electrons. The average Bonchev–Trinajstić information content (AvgIpc) is 2.93. The lowest BCUT2D eigenvalue weighted by Gasteiger charge is -2.36. The maximum Gasteiger partial charge on any atom is 0.309 e. The third-order valence-corrected chi connectivity index (χ3v) is 4.42. The van der Waals surface area contributed by atoms with E-state index in [-0.39, 0.29) is 17.9 Å². The molecule has 0 aromatic carbocycles. The Morgan fingerprint density at radius 3 is 2.81 bits per heavy atom. The Morgan fingerprint density at radius 1 is 1.46 bits per heavy atom. The van der Waals surface area contributed by atoms with Gasteiger partial charge < -0.3 is 15.3 Å². The Hall–Kier alpha value is -2.64. The van der Waals surface area contributed by atoms with Crippen LogP contribution in [-0.4, -0.2) is 43.8 Å². The lowest BCUT2D eigenvalue weighted by molar-refractivity contribution is -0.163. The molecule has 3 rings (SSSR count). The smallest absolute Gasteiger partial charge is 0.309 e. The fourth-order valence-corrected chi connectivity index (χ4v) is 3.11. The molecule has 0 saturated heterocycles. The van der Waals surface area contributed by atoms with E-state index in [0.29, 0.717) is 24.9 Å². The van der Waals surface area contributed by atoms with Gasteiger partial charge in [0.15, 0.2) is 5.65 Å². The van der Waals surface area contributed by atoms with Crippen LogP contribution in [0.2, 0.25) is 0 Å². The molecular weight excluding hydrogens is 334 g/mol. The topological polar surface area (TPSA) is 102 Å². The summed E-state index contributed by atoms with van der Waals surface area (Å²) in [6, 6.07) is 0.147. The Balaban J connectivity index is 1.76. The molecule has 26 heavy (non-hydrogen) atoms. The van der Waals surface area contributed by atoms with Crippen LogP contribution in [-0.2, 0) is 16.1 Å². The number of oxime groups is 1. The van der Waals surface area contributed by atoms with E-state index in [1.165, 1.54) is 6.21 Å². The standard InChI is InChI=1S/C18H25N5O3/c1-5-23-16-14(10-20-23)15(12(8-19-16)9-21-25)22-13-6-11(7-13)17(24)26-18(2,3)4/h8-11,13,25H,5-7H2,1-4H3,(H,19,22)/b21-9-. The molecule has 0 spiro atoms. The zero-order valence-corrected chi connectivity index (χ0v) is 15.6. The number of carbonyl (C=O) groups excluding carboxylic acids is 1. The molecular formula is C18H25N5O3. The molecule has 8 nitrogen and oxygen atoms in total. The quantitative estimate of drug-likeness (QED) is 0.368. The van der Waals surface area contributed by atoms with Crippen LogP contribution in [0, 0.1) is 5.92 Å². The second-order valence-corrected chi connectivity index (χ2v) is 7.57. The molecule has 2 aromatic heterocycles. The Morgan fingerprint density at radius 2 is 2.19 bits per heavy atom. The first kappa shape index (κ1) is 18.2. The molecule has 1 fully saturated rings. The number of hydrogen-bond acceptors (Lipinski definition) is 7. The number of aromatic nitrogens is 3. The highest BCUT2D eigenvalue weighted by Gasteiger charge is 2.37. The van der Waals surface area contributed by atoms with Crippen LogP contribution in [0.5, 0.6) is 0 Å². The molecule has 0 amide bonds. The molecule has 0 unspecified atom stereocenters. The summed E-state index contributed by atoms with van der Waals surface area (Å²) >= 11 is 0. The van der Waals surface area contributed by atoms with Crippen molar-refractivity contribution in [2.75, 3.05) is 5.32 Å². The van der Waals surface area contributed by atoms with Crippen LogP contribution in [0.3, 0.4) is 0 Å². The first-order chi connectivity index (χ1) is 12.3. The molecule has 8 heteroatoms. The molecule has 2 N–H and O–H groups in total. The minimum Gasteiger partial charge on any atom is -0.460 e. The summed E-state index contributed by atoms with van der Waals surface area (Å²) in [4.78, 5) is 16.5. The molecule has 1 aliphatic rings. The van der Waals surface area contributed by atoms with E-state index < -0.39 is 5.60 Å². The van der Waals surface area contributed by atoms with Gasteiger partial charge in [-0.05, 0) is 40.5 Å². The second kappa shape index (κ2) is 6.93. The zero-order chi connectivity index (χ0) is 18.9. The molecule has 1 aliphatic carbocycles. The van der Waals surface area contributed by atoms with Gasteiger partial charge in [0.05, 0.1) is 29.4 Å². The summed E-state index contributed by atoms with van der Waals surface area (Å²) in [7, 11) is 0. The van der Waals surface area contributed by atoms with Crippen molar-refractivity contribution in [1.82, 2.24) is 14.8 Å². The van der Waals surface area contributed by atoms with Gasteiger partial charge in [-0.2, -0.15) is 5.10 Å². The van der Waals surface area contributed by atoms with Crippen LogP contribution in [0.4, 0.5) is 5.69 Å². The fourth-order valence-electron chi connectivity index (χ4n) is 3.11. The SMILES string of the molecule is CCn1ncc2c(NC3CC(C(=O)OC(C)(C)C)C3)c(/C=N\O)cnc21. The minimum absolute atomic E-state index is 0.0858. The van der Waals surface area contributed by atoms with Crippen molar-refractivity contribution in [3.63, 3.8) is 0 Å². The number of anilines is 1. The van der Waals surface area contributed by atoms with Crippen LogP contribution < -0.4 is 5.32 Å². The summed E-state index contributed by atoms with van der Waals surface area (Å²) in [6.07, 6.45) is 6.17. The predicted molar refractivity (Wildman–Crippen MR) is 98.6 cm³/mol. The number of carbonyl (C=O) groups is 1. The first-order valence-corrected chi connectivity index (χ1v) is 8.83. The van der Waals surface area contributed by atoms with Gasteiger partial charge in [-0.1, -0.05) is 5.16 Å². The third kappa shape index (κ3) is 3.63. The predicted octanol–water partition coefficient (Wildman–Crippen LogP) is 2.79. The van der Waals surface area contributed by atoms with Crippen LogP contribution >= 0.6 is 0 Å². The third-order valence-electron chi connectivity index (χ3n) is 4.42. The Kier molecular flexibility index (Phi) is 4.84. The van der Waals surface area contributed by atoms with Crippen molar-refractivity contribution >= 4 is 28.9 Å². The maximum atomic E-state index is 12.1. The van der Waals surface area contributed by atoms with Crippen molar-refractivity contribution in [3.05, 3.63) is 18.0 Å². The molecule has 0 atom stereocenters. The average molecular weight is 359 g/mol. The number of nitrogens with zero attached hydrogens (tertiary/aromatic N) is 4. The second-order valence-electron chi connectivity index (χ2n) is 7.57. The lowest BCUT2D eigenvalue weighted by atomic mass is 9.80. The Labute approximate surface area is 152 Å². The summed E-state index contributed by atoms with van der Waals surface area (Å²) in [5.41, 5.74) is 1.80. The van der Waals surface area contributed by atoms with Gasteiger partial charge in [-0.25, -0.2) is 9.67 Å². The summed E-state index contributed by atoms with van der Waals surface area (Å²) in [5, 5.41) is 20.7. The molecule has 0 aliphatic heterocycles. The molecule has 0 bridgehead atoms. The number of hydrogen-bond donors (Lipinski definition) is 2. The number of rotatable bonds is 5. The first-order valence-electron chi connectivity index (χ1n) is 8.83. The van der Waals surface area contributed by atoms with Gasteiger partial charge in [-0.3, -0.25) is 4.79 Å². The van der Waals surface area contributed by atoms with Crippen LogP contribution in [0.1, 0.15) is 46.1 Å². The van der Waals surface area contributed by atoms with E-state index in [9.17, 15) is 4.79 Å². The maximum absolute atomic E-state index is 12.1. The zero-order valence-electron chi connectivity index (χ0n) is 15.6. The molecule has 2 heterocycles. The van der Waals surface area contributed by atoms with Gasteiger partial charge in [0.1, 0.15) is 5.60 Å². The van der Waals surface area contributed by atoms with Crippen molar-refractivity contribution in [2.45, 2.75) is 58.7 Å². The number of pyridine rings is 1. The highest BCUT2D eigenvalue weighted by molar-refractivity contribution is 6.00. The van der Waals surface area contributed by atoms with Crippen molar-refractivity contribution in [3.8, 4) is 0 Å². The van der Waals surface area contributed by atoms with Gasteiger partial charge >= 0.3 is 5.97 Å². The van der Waals surface area contributed by atoms with Crippen molar-refractivity contribution in [1.29, 1.82) is 0 Å². The Bertz CT molecular complexity index is 831.